The summed E-state index contributed by atoms with van der Waals surface area (Å²) in [5.74, 6) is 1.97. The van der Waals surface area contributed by atoms with E-state index in [-0.39, 0.29) is 0 Å². The second-order valence-electron chi connectivity index (χ2n) is 1.38. The van der Waals surface area contributed by atoms with E-state index in [9.17, 15) is 0 Å². The minimum atomic E-state index is 0.949. The lowest BCUT2D eigenvalue weighted by Crippen LogP contribution is -1.98. The average molecular weight is 81.1 g/mol. The van der Waals surface area contributed by atoms with Crippen molar-refractivity contribution in [1.29, 1.82) is 0 Å². The van der Waals surface area contributed by atoms with Crippen molar-refractivity contribution in [2.45, 2.75) is 6.42 Å². The fourth-order valence-electron chi connectivity index (χ4n) is 0.551. The number of aromatic nitrogens is 3. The van der Waals surface area contributed by atoms with Gasteiger partial charge in [0.05, 0.1) is 6.42 Å². The summed E-state index contributed by atoms with van der Waals surface area (Å²) in [6.45, 7) is 0. The Morgan fingerprint density at radius 2 is 2.50 bits per heavy atom. The molecule has 1 N–H and O–H groups in total. The summed E-state index contributed by atoms with van der Waals surface area (Å²) in [6, 6.07) is 0. The zero-order chi connectivity index (χ0) is 3.98. The molecule has 0 aromatic carbocycles. The number of H-pyrrole nitrogens is 1. The van der Waals surface area contributed by atoms with Crippen LogP contribution in [0.25, 0.3) is 0 Å². The molecule has 3 heterocycles. The van der Waals surface area contributed by atoms with Crippen LogP contribution in [0.15, 0.2) is 0 Å². The highest BCUT2D eigenvalue weighted by Crippen LogP contribution is 2.07. The van der Waals surface area contributed by atoms with Crippen molar-refractivity contribution in [3.63, 3.8) is 0 Å². The number of rotatable bonds is 0. The highest BCUT2D eigenvalue weighted by molar-refractivity contribution is 5.07. The Balaban J connectivity index is 2.95. The number of aromatic amines is 1. The molecular formula is C3H3N3. The highest BCUT2D eigenvalue weighted by Gasteiger charge is 2.13. The highest BCUT2D eigenvalue weighted by atomic mass is 15.3. The molecule has 0 saturated carbocycles. The molecule has 0 unspecified atom stereocenters. The SMILES string of the molecule is C1c2n[nH]c1n2. The molecular weight excluding hydrogens is 78.1 g/mol. The van der Waals surface area contributed by atoms with E-state index in [2.05, 4.69) is 15.2 Å². The van der Waals surface area contributed by atoms with Crippen molar-refractivity contribution in [3.8, 4) is 0 Å². The number of nitrogens with one attached hydrogen (secondary N) is 1. The molecule has 3 rings (SSSR count). The lowest BCUT2D eigenvalue weighted by molar-refractivity contribution is 0.905. The van der Waals surface area contributed by atoms with Crippen LogP contribution in [0, 0.1) is 0 Å². The Morgan fingerprint density at radius 1 is 1.67 bits per heavy atom. The second kappa shape index (κ2) is 0.489. The largest absolute Gasteiger partial charge is 0.263 e. The van der Waals surface area contributed by atoms with Crippen molar-refractivity contribution >= 4 is 0 Å². The van der Waals surface area contributed by atoms with Crippen LogP contribution in [0.3, 0.4) is 0 Å². The molecule has 2 aliphatic heterocycles. The fraction of sp³-hybridized carbons (Fsp3) is 0.333. The maximum absolute atomic E-state index is 3.89. The first-order chi connectivity index (χ1) is 2.95. The van der Waals surface area contributed by atoms with Crippen LogP contribution in [-0.2, 0) is 6.42 Å². The monoisotopic (exact) mass is 81.0 g/mol. The molecule has 0 aliphatic carbocycles. The van der Waals surface area contributed by atoms with E-state index in [1.54, 1.807) is 0 Å². The number of hydrogen-bond donors (Lipinski definition) is 1. The molecule has 0 atom stereocenters. The van der Waals surface area contributed by atoms with Crippen LogP contribution in [0.1, 0.15) is 11.6 Å². The first kappa shape index (κ1) is 2.34. The van der Waals surface area contributed by atoms with Gasteiger partial charge < -0.3 is 0 Å². The van der Waals surface area contributed by atoms with E-state index >= 15 is 0 Å². The van der Waals surface area contributed by atoms with Crippen LogP contribution in [0.5, 0.6) is 0 Å². The third-order valence-corrected chi connectivity index (χ3v) is 0.904. The summed E-state index contributed by atoms with van der Waals surface area (Å²) in [5, 5.41) is 6.50. The quantitative estimate of drug-likeness (QED) is 0.473. The van der Waals surface area contributed by atoms with E-state index in [0.717, 1.165) is 18.1 Å². The van der Waals surface area contributed by atoms with E-state index in [4.69, 9.17) is 0 Å². The van der Waals surface area contributed by atoms with Gasteiger partial charge in [0.1, 0.15) is 5.82 Å². The molecule has 0 saturated heterocycles. The molecule has 3 nitrogen and oxygen atoms in total. The lowest BCUT2D eigenvalue weighted by Gasteiger charge is -1.91. The Morgan fingerprint density at radius 3 is 2.67 bits per heavy atom. The van der Waals surface area contributed by atoms with Gasteiger partial charge in [0, 0.05) is 0 Å². The molecule has 30 valence electrons. The first-order valence-corrected chi connectivity index (χ1v) is 1.85. The van der Waals surface area contributed by atoms with Gasteiger partial charge >= 0.3 is 0 Å². The Kier molecular flexibility index (Phi) is 0.190. The summed E-state index contributed by atoms with van der Waals surface area (Å²) in [6.07, 6.45) is 0.972. The summed E-state index contributed by atoms with van der Waals surface area (Å²) >= 11 is 0. The minimum Gasteiger partial charge on any atom is -0.263 e. The van der Waals surface area contributed by atoms with Crippen LogP contribution in [0.4, 0.5) is 0 Å². The minimum absolute atomic E-state index is 0.949. The van der Waals surface area contributed by atoms with Gasteiger partial charge in [-0.3, -0.25) is 5.10 Å². The number of nitrogens with zero attached hydrogens (tertiary/aromatic N) is 2. The van der Waals surface area contributed by atoms with Gasteiger partial charge in [-0.15, -0.1) is 0 Å². The van der Waals surface area contributed by atoms with Gasteiger partial charge in [0.2, 0.25) is 0 Å². The molecule has 1 aromatic rings. The predicted octanol–water partition coefficient (Wildman–Crippen LogP) is -0.291. The number of fused-ring (bicyclic) bond motifs is 1. The van der Waals surface area contributed by atoms with E-state index < -0.39 is 0 Å². The lowest BCUT2D eigenvalue weighted by atomic mass is 10.3. The Labute approximate surface area is 34.4 Å². The van der Waals surface area contributed by atoms with Gasteiger partial charge in [0.15, 0.2) is 5.82 Å². The summed E-state index contributed by atoms with van der Waals surface area (Å²) < 4.78 is 0. The molecule has 0 amide bonds. The van der Waals surface area contributed by atoms with E-state index in [1.165, 1.54) is 0 Å². The molecule has 2 aliphatic rings. The van der Waals surface area contributed by atoms with Gasteiger partial charge in [-0.1, -0.05) is 0 Å². The molecule has 3 heteroatoms. The summed E-state index contributed by atoms with van der Waals surface area (Å²) in [7, 11) is 0. The van der Waals surface area contributed by atoms with Crippen LogP contribution in [-0.4, -0.2) is 15.2 Å². The zero-order valence-electron chi connectivity index (χ0n) is 3.10. The van der Waals surface area contributed by atoms with Crippen molar-refractivity contribution in [2.24, 2.45) is 0 Å². The second-order valence-corrected chi connectivity index (χ2v) is 1.38. The van der Waals surface area contributed by atoms with Gasteiger partial charge in [0.25, 0.3) is 0 Å². The van der Waals surface area contributed by atoms with Crippen molar-refractivity contribution in [3.05, 3.63) is 11.6 Å². The average Bonchev–Trinajstić information content (AvgIpc) is 1.72. The molecule has 1 aromatic heterocycles. The third kappa shape index (κ3) is 0.0976. The van der Waals surface area contributed by atoms with Gasteiger partial charge in [-0.25, -0.2) is 4.98 Å². The molecule has 0 fully saturated rings. The van der Waals surface area contributed by atoms with Crippen LogP contribution >= 0.6 is 0 Å². The predicted molar refractivity (Wildman–Crippen MR) is 19.2 cm³/mol. The van der Waals surface area contributed by atoms with Gasteiger partial charge in [-0.2, -0.15) is 5.10 Å². The summed E-state index contributed by atoms with van der Waals surface area (Å²) in [5.41, 5.74) is 0. The fourth-order valence-corrected chi connectivity index (χ4v) is 0.551. The first-order valence-electron chi connectivity index (χ1n) is 1.85. The van der Waals surface area contributed by atoms with Crippen molar-refractivity contribution in [1.82, 2.24) is 15.2 Å². The third-order valence-electron chi connectivity index (χ3n) is 0.904. The molecule has 6 heavy (non-hydrogen) atoms. The maximum atomic E-state index is 3.89. The van der Waals surface area contributed by atoms with Crippen molar-refractivity contribution < 1.29 is 0 Å². The smallest absolute Gasteiger partial charge is 0.158 e. The Hall–Kier alpha value is -0.860. The molecule has 0 radical (unpaired) electrons. The zero-order valence-corrected chi connectivity index (χ0v) is 3.10. The normalized spacial score (nSPS) is 14.0. The maximum Gasteiger partial charge on any atom is 0.158 e. The van der Waals surface area contributed by atoms with Gasteiger partial charge in [-0.05, 0) is 0 Å². The van der Waals surface area contributed by atoms with E-state index in [1.807, 2.05) is 0 Å². The standard InChI is InChI=1S/C3H3N3/c1-2-4-3(1)6-5-2/h1H2,(H,4,5,6). The van der Waals surface area contributed by atoms with Crippen molar-refractivity contribution in [2.75, 3.05) is 0 Å². The van der Waals surface area contributed by atoms with Crippen LogP contribution < -0.4 is 0 Å². The topological polar surface area (TPSA) is 41.6 Å². The Bertz CT molecular complexity index is 142. The molecule has 0 spiro atoms. The molecule has 2 bridgehead atoms. The van der Waals surface area contributed by atoms with Crippen LogP contribution in [0.2, 0.25) is 0 Å². The van der Waals surface area contributed by atoms with E-state index in [0.29, 0.717) is 0 Å². The summed E-state index contributed by atoms with van der Waals surface area (Å²) in [4.78, 5) is 3.89. The number of hydrogen-bond acceptors (Lipinski definition) is 2.